The highest BCUT2D eigenvalue weighted by Crippen LogP contribution is 2.16. The van der Waals surface area contributed by atoms with E-state index in [0.717, 1.165) is 6.26 Å². The van der Waals surface area contributed by atoms with Crippen LogP contribution < -0.4 is 26.2 Å². The molecule has 0 fully saturated rings. The second-order valence-electron chi connectivity index (χ2n) is 5.92. The van der Waals surface area contributed by atoms with Gasteiger partial charge in [-0.2, -0.15) is 5.43 Å². The first kappa shape index (κ1) is 20.7. The van der Waals surface area contributed by atoms with Crippen molar-refractivity contribution in [3.63, 3.8) is 0 Å². The first-order valence-corrected chi connectivity index (χ1v) is 10.0. The number of carbonyl (C=O) groups is 2. The second kappa shape index (κ2) is 8.84. The van der Waals surface area contributed by atoms with Crippen LogP contribution in [0.3, 0.4) is 0 Å². The minimum absolute atomic E-state index is 0.153. The highest BCUT2D eigenvalue weighted by molar-refractivity contribution is 7.92. The molecule has 11 heteroatoms. The molecule has 0 radical (unpaired) electrons. The van der Waals surface area contributed by atoms with Crippen molar-refractivity contribution in [2.45, 2.75) is 20.2 Å². The summed E-state index contributed by atoms with van der Waals surface area (Å²) in [6.07, 6.45) is 0.363. The molecule has 1 aromatic carbocycles. The van der Waals surface area contributed by atoms with Crippen LogP contribution in [0.25, 0.3) is 0 Å². The van der Waals surface area contributed by atoms with Crippen LogP contribution in [0.4, 0.5) is 5.69 Å². The lowest BCUT2D eigenvalue weighted by Crippen LogP contribution is -2.50. The van der Waals surface area contributed by atoms with E-state index in [9.17, 15) is 18.0 Å². The van der Waals surface area contributed by atoms with Gasteiger partial charge in [0, 0.05) is 17.8 Å². The van der Waals surface area contributed by atoms with E-state index in [1.165, 1.54) is 12.1 Å². The molecule has 2 amide bonds. The molecule has 0 spiro atoms. The summed E-state index contributed by atoms with van der Waals surface area (Å²) in [7, 11) is -3.50. The van der Waals surface area contributed by atoms with Gasteiger partial charge in [-0.05, 0) is 26.0 Å². The van der Waals surface area contributed by atoms with Crippen LogP contribution in [0.5, 0.6) is 0 Å². The molecule has 5 N–H and O–H groups in total. The SMILES string of the molecule is CC1=C(C)C(=O)NNC(OCCNC(=O)c2ccccc2NS(C)(=O)=O)N1. The van der Waals surface area contributed by atoms with Crippen LogP contribution in [0, 0.1) is 0 Å². The lowest BCUT2D eigenvalue weighted by molar-refractivity contribution is -0.119. The zero-order chi connectivity index (χ0) is 20.0. The van der Waals surface area contributed by atoms with E-state index in [0.29, 0.717) is 11.3 Å². The van der Waals surface area contributed by atoms with Crippen molar-refractivity contribution in [2.24, 2.45) is 0 Å². The van der Waals surface area contributed by atoms with Gasteiger partial charge in [0.1, 0.15) is 0 Å². The van der Waals surface area contributed by atoms with Crippen LogP contribution in [0.15, 0.2) is 35.5 Å². The lowest BCUT2D eigenvalue weighted by Gasteiger charge is -2.19. The van der Waals surface area contributed by atoms with E-state index < -0.39 is 22.3 Å². The van der Waals surface area contributed by atoms with Crippen molar-refractivity contribution in [3.05, 3.63) is 41.1 Å². The Bertz CT molecular complexity index is 853. The summed E-state index contributed by atoms with van der Waals surface area (Å²) in [5, 5.41) is 5.64. The fourth-order valence-electron chi connectivity index (χ4n) is 2.23. The molecule has 27 heavy (non-hydrogen) atoms. The largest absolute Gasteiger partial charge is 0.350 e. The third-order valence-corrected chi connectivity index (χ3v) is 4.30. The smallest absolute Gasteiger partial charge is 0.262 e. The van der Waals surface area contributed by atoms with Crippen LogP contribution in [-0.2, 0) is 19.6 Å². The topological polar surface area (TPSA) is 138 Å². The van der Waals surface area contributed by atoms with Gasteiger partial charge in [-0.25, -0.2) is 8.42 Å². The Morgan fingerprint density at radius 2 is 1.96 bits per heavy atom. The molecular formula is C16H23N5O5S. The molecule has 0 aromatic heterocycles. The lowest BCUT2D eigenvalue weighted by atomic mass is 10.2. The van der Waals surface area contributed by atoms with Gasteiger partial charge in [-0.3, -0.25) is 19.7 Å². The molecule has 148 valence electrons. The molecular weight excluding hydrogens is 374 g/mol. The number of benzene rings is 1. The fourth-order valence-corrected chi connectivity index (χ4v) is 2.80. The first-order chi connectivity index (χ1) is 12.7. The molecule has 0 saturated heterocycles. The number of hydrogen-bond acceptors (Lipinski definition) is 7. The highest BCUT2D eigenvalue weighted by atomic mass is 32.2. The maximum Gasteiger partial charge on any atom is 0.262 e. The first-order valence-electron chi connectivity index (χ1n) is 8.14. The van der Waals surface area contributed by atoms with Crippen LogP contribution in [-0.4, -0.2) is 46.0 Å². The van der Waals surface area contributed by atoms with Crippen molar-refractivity contribution >= 4 is 27.5 Å². The van der Waals surface area contributed by atoms with Crippen molar-refractivity contribution in [1.82, 2.24) is 21.5 Å². The van der Waals surface area contributed by atoms with E-state index in [-0.39, 0.29) is 30.3 Å². The summed E-state index contributed by atoms with van der Waals surface area (Å²) in [6.45, 7) is 3.78. The molecule has 1 aromatic rings. The molecule has 1 aliphatic rings. The summed E-state index contributed by atoms with van der Waals surface area (Å²) in [5.41, 5.74) is 6.79. The quantitative estimate of drug-likeness (QED) is 0.395. The second-order valence-corrected chi connectivity index (χ2v) is 7.67. The van der Waals surface area contributed by atoms with E-state index >= 15 is 0 Å². The molecule has 10 nitrogen and oxygen atoms in total. The Hall–Kier alpha value is -2.63. The van der Waals surface area contributed by atoms with Gasteiger partial charge in [0.05, 0.1) is 24.1 Å². The monoisotopic (exact) mass is 397 g/mol. The molecule has 1 heterocycles. The highest BCUT2D eigenvalue weighted by Gasteiger charge is 2.18. The Labute approximate surface area is 157 Å². The zero-order valence-corrected chi connectivity index (χ0v) is 16.1. The number of ether oxygens (including phenoxy) is 1. The van der Waals surface area contributed by atoms with Crippen LogP contribution in [0.2, 0.25) is 0 Å². The minimum atomic E-state index is -3.50. The Morgan fingerprint density at radius 1 is 1.26 bits per heavy atom. The number of anilines is 1. The average molecular weight is 397 g/mol. The summed E-state index contributed by atoms with van der Waals surface area (Å²) < 4.78 is 30.6. The maximum absolute atomic E-state index is 12.3. The summed E-state index contributed by atoms with van der Waals surface area (Å²) in [4.78, 5) is 23.9. The van der Waals surface area contributed by atoms with Gasteiger partial charge in [0.15, 0.2) is 0 Å². The predicted molar refractivity (Wildman–Crippen MR) is 99.8 cm³/mol. The average Bonchev–Trinajstić information content (AvgIpc) is 2.71. The molecule has 0 saturated carbocycles. The predicted octanol–water partition coefficient (Wildman–Crippen LogP) is -0.394. The third kappa shape index (κ3) is 6.24. The standard InChI is InChI=1S/C16H23N5O5S/c1-10-11(2)18-16(20-19-14(10)22)26-9-8-17-15(23)12-6-4-5-7-13(12)21-27(3,24)25/h4-7,16,18,20-21H,8-9H2,1-3H3,(H,17,23)(H,19,22). The maximum atomic E-state index is 12.3. The number of sulfonamides is 1. The summed E-state index contributed by atoms with van der Waals surface area (Å²) in [6, 6.07) is 6.29. The van der Waals surface area contributed by atoms with Crippen molar-refractivity contribution < 1.29 is 22.7 Å². The van der Waals surface area contributed by atoms with E-state index in [1.54, 1.807) is 26.0 Å². The normalized spacial score (nSPS) is 17.6. The van der Waals surface area contributed by atoms with Gasteiger partial charge in [0.25, 0.3) is 11.8 Å². The molecule has 0 aliphatic carbocycles. The fraction of sp³-hybridized carbons (Fsp3) is 0.375. The van der Waals surface area contributed by atoms with Gasteiger partial charge in [0.2, 0.25) is 16.4 Å². The number of carbonyl (C=O) groups excluding carboxylic acids is 2. The number of hydrazine groups is 1. The zero-order valence-electron chi connectivity index (χ0n) is 15.3. The molecule has 2 rings (SSSR count). The van der Waals surface area contributed by atoms with Gasteiger partial charge in [-0.1, -0.05) is 12.1 Å². The Kier molecular flexibility index (Phi) is 6.77. The van der Waals surface area contributed by atoms with Gasteiger partial charge < -0.3 is 15.4 Å². The number of rotatable bonds is 7. The van der Waals surface area contributed by atoms with E-state index in [4.69, 9.17) is 4.74 Å². The van der Waals surface area contributed by atoms with Gasteiger partial charge in [-0.15, -0.1) is 0 Å². The van der Waals surface area contributed by atoms with Crippen molar-refractivity contribution in [1.29, 1.82) is 0 Å². The summed E-state index contributed by atoms with van der Waals surface area (Å²) in [5.74, 6) is -0.693. The number of nitrogens with one attached hydrogen (secondary N) is 5. The summed E-state index contributed by atoms with van der Waals surface area (Å²) >= 11 is 0. The van der Waals surface area contributed by atoms with E-state index in [1.807, 2.05) is 0 Å². The Morgan fingerprint density at radius 3 is 2.67 bits per heavy atom. The number of hydrogen-bond donors (Lipinski definition) is 5. The molecule has 0 bridgehead atoms. The minimum Gasteiger partial charge on any atom is -0.350 e. The van der Waals surface area contributed by atoms with Crippen molar-refractivity contribution in [3.8, 4) is 0 Å². The van der Waals surface area contributed by atoms with E-state index in [2.05, 4.69) is 26.2 Å². The number of amides is 2. The van der Waals surface area contributed by atoms with Crippen LogP contribution in [0.1, 0.15) is 24.2 Å². The molecule has 1 aliphatic heterocycles. The third-order valence-electron chi connectivity index (χ3n) is 3.71. The number of para-hydroxylation sites is 1. The van der Waals surface area contributed by atoms with Crippen LogP contribution >= 0.6 is 0 Å². The molecule has 1 unspecified atom stereocenters. The Balaban J connectivity index is 1.86. The van der Waals surface area contributed by atoms with Crippen molar-refractivity contribution in [2.75, 3.05) is 24.1 Å². The molecule has 1 atom stereocenters. The van der Waals surface area contributed by atoms with Gasteiger partial charge >= 0.3 is 0 Å². The number of allylic oxidation sites excluding steroid dienone is 1.